The number of aromatic nitrogens is 1. The minimum absolute atomic E-state index is 0. The number of sulfone groups is 1. The normalized spacial score (nSPS) is 14.5. The topological polar surface area (TPSA) is 85.4 Å². The van der Waals surface area contributed by atoms with Crippen molar-refractivity contribution in [2.24, 2.45) is 0 Å². The zero-order valence-electron chi connectivity index (χ0n) is 14.7. The van der Waals surface area contributed by atoms with E-state index in [1.807, 2.05) is 0 Å². The molecule has 1 saturated carbocycles. The number of alkyl halides is 2. The highest BCUT2D eigenvalue weighted by Gasteiger charge is 2.30. The van der Waals surface area contributed by atoms with Gasteiger partial charge in [0.2, 0.25) is 0 Å². The van der Waals surface area contributed by atoms with Gasteiger partial charge in [-0.3, -0.25) is 4.79 Å². The van der Waals surface area contributed by atoms with Crippen LogP contribution < -0.4 is 10.1 Å². The van der Waals surface area contributed by atoms with Crippen LogP contribution in [0.4, 0.5) is 14.6 Å². The second kappa shape index (κ2) is 9.29. The molecule has 0 spiro atoms. The molecule has 1 N–H and O–H groups in total. The number of carbonyl (C=O) groups is 1. The molecule has 28 heavy (non-hydrogen) atoms. The zero-order chi connectivity index (χ0) is 19.4. The highest BCUT2D eigenvalue weighted by molar-refractivity contribution is 7.92. The Kier molecular flexibility index (Phi) is 7.31. The van der Waals surface area contributed by atoms with Gasteiger partial charge in [0.25, 0.3) is 5.91 Å². The lowest BCUT2D eigenvalue weighted by Gasteiger charge is -2.12. The van der Waals surface area contributed by atoms with E-state index in [-0.39, 0.29) is 39.7 Å². The van der Waals surface area contributed by atoms with Crippen molar-refractivity contribution < 1.29 is 26.7 Å². The van der Waals surface area contributed by atoms with E-state index in [0.29, 0.717) is 12.8 Å². The van der Waals surface area contributed by atoms with E-state index >= 15 is 0 Å². The number of halogens is 3. The van der Waals surface area contributed by atoms with E-state index in [0.717, 1.165) is 12.8 Å². The predicted octanol–water partition coefficient (Wildman–Crippen LogP) is 4.07. The van der Waals surface area contributed by atoms with Gasteiger partial charge in [-0.15, -0.1) is 12.4 Å². The molecule has 1 heterocycles. The van der Waals surface area contributed by atoms with Crippen LogP contribution in [0.3, 0.4) is 0 Å². The lowest BCUT2D eigenvalue weighted by molar-refractivity contribution is -0.0495. The summed E-state index contributed by atoms with van der Waals surface area (Å²) in [7, 11) is -3.41. The molecule has 0 atom stereocenters. The molecule has 3 rings (SSSR count). The lowest BCUT2D eigenvalue weighted by atomic mass is 10.2. The number of pyridine rings is 1. The van der Waals surface area contributed by atoms with Gasteiger partial charge >= 0.3 is 6.61 Å². The van der Waals surface area contributed by atoms with Crippen molar-refractivity contribution in [3.63, 3.8) is 0 Å². The van der Waals surface area contributed by atoms with Crippen LogP contribution in [0.2, 0.25) is 0 Å². The fraction of sp³-hybridized carbons (Fsp3) is 0.333. The fourth-order valence-electron chi connectivity index (χ4n) is 3.04. The Bertz CT molecular complexity index is 917. The summed E-state index contributed by atoms with van der Waals surface area (Å²) < 4.78 is 54.3. The molecule has 10 heteroatoms. The van der Waals surface area contributed by atoms with Crippen LogP contribution in [-0.2, 0) is 9.84 Å². The Morgan fingerprint density at radius 3 is 2.39 bits per heavy atom. The van der Waals surface area contributed by atoms with Crippen molar-refractivity contribution >= 4 is 34.0 Å². The molecule has 1 aromatic carbocycles. The van der Waals surface area contributed by atoms with E-state index in [4.69, 9.17) is 0 Å². The van der Waals surface area contributed by atoms with Gasteiger partial charge in [0.05, 0.1) is 10.1 Å². The van der Waals surface area contributed by atoms with Gasteiger partial charge in [0.15, 0.2) is 21.4 Å². The maximum absolute atomic E-state index is 12.6. The summed E-state index contributed by atoms with van der Waals surface area (Å²) in [5.41, 5.74) is 0.175. The van der Waals surface area contributed by atoms with Crippen molar-refractivity contribution in [3.05, 3.63) is 48.2 Å². The average molecular weight is 433 g/mol. The highest BCUT2D eigenvalue weighted by atomic mass is 35.5. The number of benzene rings is 1. The van der Waals surface area contributed by atoms with Crippen LogP contribution in [0.5, 0.6) is 5.75 Å². The number of nitrogens with one attached hydrogen (secondary N) is 1. The predicted molar refractivity (Wildman–Crippen MR) is 102 cm³/mol. The van der Waals surface area contributed by atoms with Crippen LogP contribution in [-0.4, -0.2) is 31.2 Å². The molecular weight excluding hydrogens is 414 g/mol. The van der Waals surface area contributed by atoms with Crippen LogP contribution in [0.15, 0.2) is 47.5 Å². The Hall–Kier alpha value is -2.26. The van der Waals surface area contributed by atoms with Gasteiger partial charge in [-0.05, 0) is 49.2 Å². The highest BCUT2D eigenvalue weighted by Crippen LogP contribution is 2.30. The number of carbonyl (C=O) groups excluding carboxylic acids is 1. The molecule has 0 unspecified atom stereocenters. The first-order valence-electron chi connectivity index (χ1n) is 8.43. The number of rotatable bonds is 6. The van der Waals surface area contributed by atoms with Crippen molar-refractivity contribution in [2.45, 2.75) is 42.4 Å². The molecule has 0 aliphatic heterocycles. The molecule has 2 aromatic rings. The van der Waals surface area contributed by atoms with Crippen molar-refractivity contribution in [1.29, 1.82) is 0 Å². The number of hydrogen-bond donors (Lipinski definition) is 1. The molecule has 0 saturated heterocycles. The molecule has 0 radical (unpaired) electrons. The van der Waals surface area contributed by atoms with Crippen molar-refractivity contribution in [1.82, 2.24) is 4.98 Å². The third-order valence-electron chi connectivity index (χ3n) is 4.40. The summed E-state index contributed by atoms with van der Waals surface area (Å²) in [5.74, 6) is -1.02. The summed E-state index contributed by atoms with van der Waals surface area (Å²) in [5, 5.41) is 2.01. The van der Waals surface area contributed by atoms with Gasteiger partial charge in [-0.1, -0.05) is 12.8 Å². The Labute approximate surface area is 167 Å². The van der Waals surface area contributed by atoms with E-state index in [1.54, 1.807) is 0 Å². The summed E-state index contributed by atoms with van der Waals surface area (Å²) in [4.78, 5) is 16.3. The Morgan fingerprint density at radius 2 is 1.79 bits per heavy atom. The minimum Gasteiger partial charge on any atom is -0.431 e. The largest absolute Gasteiger partial charge is 0.431 e. The first kappa shape index (κ1) is 22.0. The molecule has 6 nitrogen and oxygen atoms in total. The molecule has 1 aliphatic carbocycles. The molecule has 1 fully saturated rings. The van der Waals surface area contributed by atoms with E-state index in [2.05, 4.69) is 15.0 Å². The monoisotopic (exact) mass is 432 g/mol. The maximum Gasteiger partial charge on any atom is 0.387 e. The van der Waals surface area contributed by atoms with Crippen LogP contribution >= 0.6 is 12.4 Å². The van der Waals surface area contributed by atoms with E-state index < -0.39 is 22.4 Å². The first-order chi connectivity index (χ1) is 12.9. The summed E-state index contributed by atoms with van der Waals surface area (Å²) in [6, 6.07) is 8.19. The maximum atomic E-state index is 12.6. The minimum atomic E-state index is -3.41. The zero-order valence-corrected chi connectivity index (χ0v) is 16.3. The summed E-state index contributed by atoms with van der Waals surface area (Å²) >= 11 is 0. The molecule has 1 amide bonds. The number of ether oxygens (including phenoxy) is 1. The average Bonchev–Trinajstić information content (AvgIpc) is 3.18. The third kappa shape index (κ3) is 4.96. The quantitative estimate of drug-likeness (QED) is 0.743. The second-order valence-electron chi connectivity index (χ2n) is 6.16. The van der Waals surface area contributed by atoms with Gasteiger partial charge in [-0.25, -0.2) is 13.4 Å². The summed E-state index contributed by atoms with van der Waals surface area (Å²) in [6.45, 7) is -3.05. The van der Waals surface area contributed by atoms with Crippen LogP contribution in [0.1, 0.15) is 36.0 Å². The van der Waals surface area contributed by atoms with Gasteiger partial charge in [-0.2, -0.15) is 8.78 Å². The van der Waals surface area contributed by atoms with E-state index in [9.17, 15) is 22.0 Å². The number of amides is 1. The molecule has 1 aliphatic rings. The number of hydrogen-bond acceptors (Lipinski definition) is 5. The smallest absolute Gasteiger partial charge is 0.387 e. The van der Waals surface area contributed by atoms with Crippen molar-refractivity contribution in [3.8, 4) is 5.75 Å². The lowest BCUT2D eigenvalue weighted by Crippen LogP contribution is -2.18. The Balaban J connectivity index is 0.00000280. The molecule has 1 aromatic heterocycles. The van der Waals surface area contributed by atoms with Gasteiger partial charge in [0, 0.05) is 11.8 Å². The van der Waals surface area contributed by atoms with Crippen LogP contribution in [0.25, 0.3) is 0 Å². The SMILES string of the molecule is Cl.O=C(Nc1ncccc1OC(F)F)c1ccc(S(=O)(=O)C2CCCC2)cc1. The fourth-order valence-corrected chi connectivity index (χ4v) is 4.90. The summed E-state index contributed by atoms with van der Waals surface area (Å²) in [6.07, 6.45) is 4.43. The first-order valence-corrected chi connectivity index (χ1v) is 9.97. The number of nitrogens with zero attached hydrogens (tertiary/aromatic N) is 1. The molecule has 152 valence electrons. The van der Waals surface area contributed by atoms with Crippen molar-refractivity contribution in [2.75, 3.05) is 5.32 Å². The molecular formula is C18H19ClF2N2O4S. The van der Waals surface area contributed by atoms with Gasteiger partial charge < -0.3 is 10.1 Å². The second-order valence-corrected chi connectivity index (χ2v) is 8.39. The van der Waals surface area contributed by atoms with E-state index in [1.165, 1.54) is 42.6 Å². The third-order valence-corrected chi connectivity index (χ3v) is 6.68. The number of anilines is 1. The Morgan fingerprint density at radius 1 is 1.14 bits per heavy atom. The standard InChI is InChI=1S/C18H18F2N2O4S.ClH/c19-18(20)26-15-6-3-11-21-16(15)22-17(23)12-7-9-14(10-8-12)27(24,25)13-4-1-2-5-13;/h3,6-11,13,18H,1-2,4-5H2,(H,21,22,23);1H. The molecule has 0 bridgehead atoms. The van der Waals surface area contributed by atoms with Gasteiger partial charge in [0.1, 0.15) is 0 Å². The van der Waals surface area contributed by atoms with Crippen LogP contribution in [0, 0.1) is 0 Å².